The molecule has 1 unspecified atom stereocenters. The van der Waals surface area contributed by atoms with Crippen molar-refractivity contribution in [2.75, 3.05) is 18.5 Å². The van der Waals surface area contributed by atoms with Crippen molar-refractivity contribution in [1.82, 2.24) is 5.48 Å². The molecule has 2 aromatic rings. The van der Waals surface area contributed by atoms with E-state index >= 15 is 0 Å². The summed E-state index contributed by atoms with van der Waals surface area (Å²) in [6.45, 7) is 3.01. The van der Waals surface area contributed by atoms with Gasteiger partial charge >= 0.3 is 0 Å². The van der Waals surface area contributed by atoms with Gasteiger partial charge in [-0.05, 0) is 60.2 Å². The Morgan fingerprint density at radius 1 is 1.48 bits per heavy atom. The van der Waals surface area contributed by atoms with Gasteiger partial charge in [-0.2, -0.15) is 0 Å². The lowest BCUT2D eigenvalue weighted by atomic mass is 10.1. The molecule has 0 saturated heterocycles. The quantitative estimate of drug-likeness (QED) is 0.278. The van der Waals surface area contributed by atoms with Gasteiger partial charge in [0.15, 0.2) is 0 Å². The molecule has 9 heteroatoms. The van der Waals surface area contributed by atoms with Gasteiger partial charge in [0.2, 0.25) is 0 Å². The maximum atomic E-state index is 14.1. The number of amides is 1. The van der Waals surface area contributed by atoms with E-state index in [1.165, 1.54) is 17.4 Å². The Kier molecular flexibility index (Phi) is 7.14. The number of benzene rings is 1. The number of thiophene rings is 1. The fourth-order valence-electron chi connectivity index (χ4n) is 2.22. The number of nitrogens with one attached hydrogen (secondary N) is 2. The first-order chi connectivity index (χ1) is 11.8. The van der Waals surface area contributed by atoms with Crippen LogP contribution in [0.15, 0.2) is 18.2 Å². The topological polar surface area (TPSA) is 90.8 Å². The van der Waals surface area contributed by atoms with Gasteiger partial charge in [-0.15, -0.1) is 11.3 Å². The number of hydroxylamine groups is 1. The number of anilines is 2. The van der Waals surface area contributed by atoms with Crippen LogP contribution in [0.1, 0.15) is 33.8 Å². The molecule has 0 aliphatic heterocycles. The number of carbonyl (C=O) groups excluding carboxylic acids is 1. The minimum atomic E-state index is -0.771. The number of carbonyl (C=O) groups is 1. The standard InChI is InChI=1S/C16H18FIN2O4S/c1-8-13(15(23)20-24-6-5-21)16(25-14(8)9(2)22)19-12-4-3-10(18)7-11(12)17/h3-4,7,9,19,21-22H,5-6H2,1-2H3,(H,20,23). The third-order valence-corrected chi connectivity index (χ3v) is 5.38. The Balaban J connectivity index is 2.38. The summed E-state index contributed by atoms with van der Waals surface area (Å²) < 4.78 is 14.9. The number of hydrogen-bond acceptors (Lipinski definition) is 6. The number of aliphatic hydroxyl groups excluding tert-OH is 2. The van der Waals surface area contributed by atoms with Crippen molar-refractivity contribution in [2.24, 2.45) is 0 Å². The van der Waals surface area contributed by atoms with Crippen molar-refractivity contribution < 1.29 is 24.2 Å². The number of halogens is 2. The normalized spacial score (nSPS) is 12.1. The van der Waals surface area contributed by atoms with Gasteiger partial charge in [0.05, 0.1) is 30.6 Å². The molecule has 1 amide bonds. The van der Waals surface area contributed by atoms with Crippen LogP contribution >= 0.6 is 33.9 Å². The third-order valence-electron chi connectivity index (χ3n) is 3.33. The van der Waals surface area contributed by atoms with Crippen LogP contribution in [0.3, 0.4) is 0 Å². The highest BCUT2D eigenvalue weighted by Crippen LogP contribution is 2.38. The SMILES string of the molecule is Cc1c(C(C)O)sc(Nc2ccc(I)cc2F)c1C(=O)NOCCO. The summed E-state index contributed by atoms with van der Waals surface area (Å²) in [5.74, 6) is -0.984. The lowest BCUT2D eigenvalue weighted by Crippen LogP contribution is -2.26. The van der Waals surface area contributed by atoms with Crippen LogP contribution in [0.2, 0.25) is 0 Å². The van der Waals surface area contributed by atoms with Crippen LogP contribution in [-0.2, 0) is 4.84 Å². The Labute approximate surface area is 162 Å². The fraction of sp³-hybridized carbons (Fsp3) is 0.312. The molecule has 6 nitrogen and oxygen atoms in total. The van der Waals surface area contributed by atoms with Crippen molar-refractivity contribution in [3.8, 4) is 0 Å². The zero-order valence-electron chi connectivity index (χ0n) is 13.6. The molecule has 1 atom stereocenters. The third kappa shape index (κ3) is 4.88. The van der Waals surface area contributed by atoms with Gasteiger partial charge in [0, 0.05) is 8.45 Å². The molecule has 1 aromatic carbocycles. The molecular formula is C16H18FIN2O4S. The Hall–Kier alpha value is -1.27. The maximum Gasteiger partial charge on any atom is 0.278 e. The predicted molar refractivity (Wildman–Crippen MR) is 103 cm³/mol. The molecule has 25 heavy (non-hydrogen) atoms. The molecule has 0 fully saturated rings. The summed E-state index contributed by atoms with van der Waals surface area (Å²) in [6, 6.07) is 4.70. The average Bonchev–Trinajstić information content (AvgIpc) is 2.87. The zero-order valence-corrected chi connectivity index (χ0v) is 16.6. The van der Waals surface area contributed by atoms with Crippen LogP contribution in [0.25, 0.3) is 0 Å². The minimum Gasteiger partial charge on any atom is -0.394 e. The highest BCUT2D eigenvalue weighted by atomic mass is 127. The van der Waals surface area contributed by atoms with Crippen LogP contribution in [0, 0.1) is 16.3 Å². The van der Waals surface area contributed by atoms with Gasteiger partial charge in [0.25, 0.3) is 5.91 Å². The molecular weight excluding hydrogens is 462 g/mol. The van der Waals surface area contributed by atoms with Gasteiger partial charge < -0.3 is 15.5 Å². The van der Waals surface area contributed by atoms with E-state index in [0.29, 0.717) is 15.4 Å². The number of aliphatic hydroxyl groups is 2. The highest BCUT2D eigenvalue weighted by molar-refractivity contribution is 14.1. The van der Waals surface area contributed by atoms with Crippen molar-refractivity contribution in [3.05, 3.63) is 43.6 Å². The molecule has 0 saturated carbocycles. The van der Waals surface area contributed by atoms with E-state index in [1.54, 1.807) is 26.0 Å². The fourth-order valence-corrected chi connectivity index (χ4v) is 3.83. The second-order valence-corrected chi connectivity index (χ2v) is 7.52. The molecule has 0 spiro atoms. The van der Waals surface area contributed by atoms with Crippen molar-refractivity contribution in [2.45, 2.75) is 20.0 Å². The van der Waals surface area contributed by atoms with Gasteiger partial charge in [-0.1, -0.05) is 0 Å². The van der Waals surface area contributed by atoms with E-state index in [2.05, 4.69) is 10.8 Å². The smallest absolute Gasteiger partial charge is 0.278 e. The van der Waals surface area contributed by atoms with E-state index in [-0.39, 0.29) is 24.5 Å². The lowest BCUT2D eigenvalue weighted by molar-refractivity contribution is 0.0168. The molecule has 2 rings (SSSR count). The van der Waals surface area contributed by atoms with Crippen LogP contribution < -0.4 is 10.8 Å². The molecule has 136 valence electrons. The second kappa shape index (κ2) is 8.90. The summed E-state index contributed by atoms with van der Waals surface area (Å²) in [4.78, 5) is 17.9. The van der Waals surface area contributed by atoms with Gasteiger partial charge in [-0.25, -0.2) is 9.87 Å². The highest BCUT2D eigenvalue weighted by Gasteiger charge is 2.24. The number of hydrogen-bond donors (Lipinski definition) is 4. The second-order valence-electron chi connectivity index (χ2n) is 5.22. The monoisotopic (exact) mass is 480 g/mol. The van der Waals surface area contributed by atoms with E-state index in [1.807, 2.05) is 22.6 Å². The Morgan fingerprint density at radius 3 is 2.80 bits per heavy atom. The summed E-state index contributed by atoms with van der Waals surface area (Å²) >= 11 is 3.18. The van der Waals surface area contributed by atoms with Crippen LogP contribution in [0.4, 0.5) is 15.1 Å². The first kappa shape index (κ1) is 20.0. The zero-order chi connectivity index (χ0) is 18.6. The maximum absolute atomic E-state index is 14.1. The summed E-state index contributed by atoms with van der Waals surface area (Å²) in [5, 5.41) is 21.9. The molecule has 1 heterocycles. The van der Waals surface area contributed by atoms with E-state index in [9.17, 15) is 14.3 Å². The molecule has 0 aliphatic carbocycles. The molecule has 0 aliphatic rings. The van der Waals surface area contributed by atoms with Crippen molar-refractivity contribution in [3.63, 3.8) is 0 Å². The Morgan fingerprint density at radius 2 is 2.20 bits per heavy atom. The minimum absolute atomic E-state index is 0.0489. The van der Waals surface area contributed by atoms with Crippen molar-refractivity contribution in [1.29, 1.82) is 0 Å². The first-order valence-corrected chi connectivity index (χ1v) is 9.31. The lowest BCUT2D eigenvalue weighted by Gasteiger charge is -2.10. The van der Waals surface area contributed by atoms with Gasteiger partial charge in [0.1, 0.15) is 10.8 Å². The largest absolute Gasteiger partial charge is 0.394 e. The Bertz CT molecular complexity index is 767. The molecule has 0 radical (unpaired) electrons. The van der Waals surface area contributed by atoms with E-state index < -0.39 is 17.8 Å². The first-order valence-electron chi connectivity index (χ1n) is 7.41. The predicted octanol–water partition coefficient (Wildman–Crippen LogP) is 3.25. The average molecular weight is 480 g/mol. The van der Waals surface area contributed by atoms with Crippen LogP contribution in [-0.4, -0.2) is 29.3 Å². The van der Waals surface area contributed by atoms with Crippen LogP contribution in [0.5, 0.6) is 0 Å². The molecule has 1 aromatic heterocycles. The molecule has 4 N–H and O–H groups in total. The van der Waals surface area contributed by atoms with E-state index in [0.717, 1.165) is 3.57 Å². The number of rotatable bonds is 7. The summed E-state index contributed by atoms with van der Waals surface area (Å²) in [5.41, 5.74) is 3.30. The van der Waals surface area contributed by atoms with E-state index in [4.69, 9.17) is 9.94 Å². The van der Waals surface area contributed by atoms with Crippen molar-refractivity contribution >= 4 is 50.5 Å². The molecule has 0 bridgehead atoms. The van der Waals surface area contributed by atoms with Gasteiger partial charge in [-0.3, -0.25) is 9.63 Å². The summed E-state index contributed by atoms with van der Waals surface area (Å²) in [6.07, 6.45) is -0.771. The summed E-state index contributed by atoms with van der Waals surface area (Å²) in [7, 11) is 0.